The molecule has 0 atom stereocenters. The zero-order valence-electron chi connectivity index (χ0n) is 14.1. The van der Waals surface area contributed by atoms with Crippen molar-refractivity contribution >= 4 is 11.6 Å². The van der Waals surface area contributed by atoms with Gasteiger partial charge in [-0.15, -0.1) is 10.2 Å². The lowest BCUT2D eigenvalue weighted by atomic mass is 10.0. The molecule has 0 aliphatic rings. The molecule has 25 heavy (non-hydrogen) atoms. The molecule has 0 radical (unpaired) electrons. The second kappa shape index (κ2) is 7.57. The predicted octanol–water partition coefficient (Wildman–Crippen LogP) is 3.01. The van der Waals surface area contributed by atoms with Crippen LogP contribution in [0.15, 0.2) is 48.5 Å². The van der Waals surface area contributed by atoms with Crippen LogP contribution in [0.5, 0.6) is 5.75 Å². The number of amides is 1. The van der Waals surface area contributed by atoms with Gasteiger partial charge in [-0.3, -0.25) is 4.79 Å². The molecule has 0 spiro atoms. The highest BCUT2D eigenvalue weighted by Gasteiger charge is 2.06. The van der Waals surface area contributed by atoms with Crippen molar-refractivity contribution in [2.45, 2.75) is 19.8 Å². The lowest BCUT2D eigenvalue weighted by molar-refractivity contribution is -0.118. The molecular formula is C18H19N5O2. The van der Waals surface area contributed by atoms with Gasteiger partial charge < -0.3 is 10.1 Å². The molecule has 0 bridgehead atoms. The summed E-state index contributed by atoms with van der Waals surface area (Å²) in [6.45, 7) is 4.22. The fourth-order valence-corrected chi connectivity index (χ4v) is 2.28. The van der Waals surface area contributed by atoms with Gasteiger partial charge >= 0.3 is 0 Å². The van der Waals surface area contributed by atoms with Crippen molar-refractivity contribution in [2.24, 2.45) is 0 Å². The quantitative estimate of drug-likeness (QED) is 0.721. The number of nitrogens with one attached hydrogen (secondary N) is 2. The molecule has 1 aromatic heterocycles. The molecule has 2 N–H and O–H groups in total. The Bertz CT molecular complexity index is 812. The summed E-state index contributed by atoms with van der Waals surface area (Å²) in [5, 5.41) is 16.5. The van der Waals surface area contributed by atoms with E-state index in [1.807, 2.05) is 36.4 Å². The fraction of sp³-hybridized carbons (Fsp3) is 0.222. The molecule has 3 rings (SSSR count). The Morgan fingerprint density at radius 1 is 1.12 bits per heavy atom. The molecular weight excluding hydrogens is 318 g/mol. The minimum absolute atomic E-state index is 0.0480. The zero-order chi connectivity index (χ0) is 17.6. The summed E-state index contributed by atoms with van der Waals surface area (Å²) in [4.78, 5) is 12.0. The lowest BCUT2D eigenvalue weighted by Crippen LogP contribution is -2.20. The van der Waals surface area contributed by atoms with Gasteiger partial charge in [0.2, 0.25) is 5.82 Å². The molecule has 0 aliphatic carbocycles. The van der Waals surface area contributed by atoms with Crippen LogP contribution < -0.4 is 10.1 Å². The Morgan fingerprint density at radius 2 is 1.84 bits per heavy atom. The smallest absolute Gasteiger partial charge is 0.262 e. The van der Waals surface area contributed by atoms with E-state index >= 15 is 0 Å². The number of rotatable bonds is 6. The Kier molecular flexibility index (Phi) is 5.03. The van der Waals surface area contributed by atoms with Crippen LogP contribution in [-0.4, -0.2) is 33.1 Å². The lowest BCUT2D eigenvalue weighted by Gasteiger charge is -2.09. The third kappa shape index (κ3) is 4.41. The fourth-order valence-electron chi connectivity index (χ4n) is 2.28. The number of benzene rings is 2. The van der Waals surface area contributed by atoms with Crippen LogP contribution in [-0.2, 0) is 4.79 Å². The maximum atomic E-state index is 12.0. The number of anilines is 1. The van der Waals surface area contributed by atoms with Gasteiger partial charge in [-0.25, -0.2) is 0 Å². The number of ether oxygens (including phenoxy) is 1. The summed E-state index contributed by atoms with van der Waals surface area (Å²) in [6.07, 6.45) is 0. The minimum Gasteiger partial charge on any atom is -0.484 e. The molecule has 0 saturated carbocycles. The highest BCUT2D eigenvalue weighted by Crippen LogP contribution is 2.19. The van der Waals surface area contributed by atoms with E-state index in [0.29, 0.717) is 23.2 Å². The molecule has 1 heterocycles. The maximum Gasteiger partial charge on any atom is 0.262 e. The van der Waals surface area contributed by atoms with E-state index in [1.54, 1.807) is 12.1 Å². The van der Waals surface area contributed by atoms with Crippen molar-refractivity contribution in [3.05, 3.63) is 54.1 Å². The summed E-state index contributed by atoms with van der Waals surface area (Å²) >= 11 is 0. The predicted molar refractivity (Wildman–Crippen MR) is 94.3 cm³/mol. The van der Waals surface area contributed by atoms with E-state index < -0.39 is 0 Å². The maximum absolute atomic E-state index is 12.0. The van der Waals surface area contributed by atoms with Gasteiger partial charge in [-0.2, -0.15) is 5.21 Å². The highest BCUT2D eigenvalue weighted by atomic mass is 16.5. The molecule has 7 heteroatoms. The molecule has 0 saturated heterocycles. The summed E-state index contributed by atoms with van der Waals surface area (Å²) in [5.41, 5.74) is 2.72. The molecule has 0 fully saturated rings. The van der Waals surface area contributed by atoms with Gasteiger partial charge in [0.1, 0.15) is 5.75 Å². The average molecular weight is 337 g/mol. The number of carbonyl (C=O) groups excluding carboxylic acids is 1. The van der Waals surface area contributed by atoms with Crippen LogP contribution in [0.4, 0.5) is 5.69 Å². The van der Waals surface area contributed by atoms with Gasteiger partial charge in [0, 0.05) is 11.3 Å². The van der Waals surface area contributed by atoms with Gasteiger partial charge in [-0.05, 0) is 53.1 Å². The van der Waals surface area contributed by atoms with Crippen molar-refractivity contribution in [3.8, 4) is 17.1 Å². The van der Waals surface area contributed by atoms with Crippen LogP contribution in [0.3, 0.4) is 0 Å². The number of hydrogen-bond donors (Lipinski definition) is 2. The summed E-state index contributed by atoms with van der Waals surface area (Å²) in [5.74, 6) is 1.42. The first-order chi connectivity index (χ1) is 12.1. The second-order valence-electron chi connectivity index (χ2n) is 5.87. The van der Waals surface area contributed by atoms with Crippen molar-refractivity contribution < 1.29 is 9.53 Å². The van der Waals surface area contributed by atoms with Gasteiger partial charge in [0.25, 0.3) is 5.91 Å². The second-order valence-corrected chi connectivity index (χ2v) is 5.87. The van der Waals surface area contributed by atoms with Crippen LogP contribution in [0.1, 0.15) is 25.3 Å². The summed E-state index contributed by atoms with van der Waals surface area (Å²) in [7, 11) is 0. The minimum atomic E-state index is -0.222. The van der Waals surface area contributed by atoms with Crippen molar-refractivity contribution in [1.82, 2.24) is 20.6 Å². The Hall–Kier alpha value is -3.22. The number of carbonyl (C=O) groups is 1. The number of nitrogens with zero attached hydrogens (tertiary/aromatic N) is 3. The number of hydrogen-bond acceptors (Lipinski definition) is 5. The monoisotopic (exact) mass is 337 g/mol. The molecule has 1 amide bonds. The van der Waals surface area contributed by atoms with Gasteiger partial charge in [-0.1, -0.05) is 26.0 Å². The third-order valence-corrected chi connectivity index (χ3v) is 3.69. The zero-order valence-corrected chi connectivity index (χ0v) is 14.1. The van der Waals surface area contributed by atoms with E-state index in [9.17, 15) is 4.79 Å². The van der Waals surface area contributed by atoms with E-state index in [-0.39, 0.29) is 12.5 Å². The molecule has 3 aromatic rings. The Labute approximate surface area is 145 Å². The first kappa shape index (κ1) is 16.6. The average Bonchev–Trinajstić information content (AvgIpc) is 3.15. The van der Waals surface area contributed by atoms with Crippen molar-refractivity contribution in [3.63, 3.8) is 0 Å². The van der Waals surface area contributed by atoms with Crippen LogP contribution in [0, 0.1) is 0 Å². The first-order valence-electron chi connectivity index (χ1n) is 7.98. The summed E-state index contributed by atoms with van der Waals surface area (Å²) < 4.78 is 5.51. The standard InChI is InChI=1S/C18H19N5O2/c1-12(2)13-5-9-16(10-6-13)25-11-17(24)19-15-7-3-14(4-8-15)18-20-22-23-21-18/h3-10,12H,11H2,1-2H3,(H,19,24)(H,20,21,22,23). The normalized spacial score (nSPS) is 10.7. The van der Waals surface area contributed by atoms with Crippen LogP contribution in [0.25, 0.3) is 11.4 Å². The molecule has 0 aliphatic heterocycles. The van der Waals surface area contributed by atoms with E-state index in [0.717, 1.165) is 5.56 Å². The van der Waals surface area contributed by atoms with E-state index in [2.05, 4.69) is 39.8 Å². The topological polar surface area (TPSA) is 92.8 Å². The first-order valence-corrected chi connectivity index (χ1v) is 7.98. The Balaban J connectivity index is 1.52. The van der Waals surface area contributed by atoms with E-state index in [1.165, 1.54) is 5.56 Å². The van der Waals surface area contributed by atoms with E-state index in [4.69, 9.17) is 4.74 Å². The van der Waals surface area contributed by atoms with Crippen molar-refractivity contribution in [2.75, 3.05) is 11.9 Å². The molecule has 0 unspecified atom stereocenters. The molecule has 128 valence electrons. The van der Waals surface area contributed by atoms with Crippen molar-refractivity contribution in [1.29, 1.82) is 0 Å². The number of aromatic amines is 1. The Morgan fingerprint density at radius 3 is 2.44 bits per heavy atom. The SMILES string of the molecule is CC(C)c1ccc(OCC(=O)Nc2ccc(-c3nn[nH]n3)cc2)cc1. The largest absolute Gasteiger partial charge is 0.484 e. The third-order valence-electron chi connectivity index (χ3n) is 3.69. The van der Waals surface area contributed by atoms with Gasteiger partial charge in [0.15, 0.2) is 6.61 Å². The highest BCUT2D eigenvalue weighted by molar-refractivity contribution is 5.92. The number of tetrazole rings is 1. The van der Waals surface area contributed by atoms with Crippen LogP contribution >= 0.6 is 0 Å². The number of aromatic nitrogens is 4. The molecule has 2 aromatic carbocycles. The van der Waals surface area contributed by atoms with Gasteiger partial charge in [0.05, 0.1) is 0 Å². The number of H-pyrrole nitrogens is 1. The summed E-state index contributed by atoms with van der Waals surface area (Å²) in [6, 6.07) is 15.0. The molecule has 7 nitrogen and oxygen atoms in total. The van der Waals surface area contributed by atoms with Crippen LogP contribution in [0.2, 0.25) is 0 Å².